The lowest BCUT2D eigenvalue weighted by molar-refractivity contribution is -0.0158. The fourth-order valence-electron chi connectivity index (χ4n) is 2.72. The minimum absolute atomic E-state index is 0.0707. The second kappa shape index (κ2) is 7.15. The largest absolute Gasteiger partial charge is 0.374 e. The first-order chi connectivity index (χ1) is 9.51. The van der Waals surface area contributed by atoms with Gasteiger partial charge in [-0.2, -0.15) is 17.4 Å². The molecule has 2 fully saturated rings. The summed E-state index contributed by atoms with van der Waals surface area (Å²) in [6.07, 6.45) is 1.82. The Morgan fingerprint density at radius 1 is 1.35 bits per heavy atom. The second-order valence-electron chi connectivity index (χ2n) is 5.71. The molecule has 0 aromatic rings. The van der Waals surface area contributed by atoms with Crippen molar-refractivity contribution >= 4 is 10.2 Å². The van der Waals surface area contributed by atoms with Gasteiger partial charge in [0.15, 0.2) is 0 Å². The summed E-state index contributed by atoms with van der Waals surface area (Å²) in [4.78, 5) is 2.15. The van der Waals surface area contributed by atoms with Crippen LogP contribution in [0.5, 0.6) is 0 Å². The van der Waals surface area contributed by atoms with Crippen molar-refractivity contribution in [2.75, 3.05) is 52.9 Å². The molecule has 2 aliphatic rings. The van der Waals surface area contributed by atoms with E-state index in [2.05, 4.69) is 9.62 Å². The highest BCUT2D eigenvalue weighted by Crippen LogP contribution is 2.17. The number of likely N-dealkylation sites (N-methyl/N-ethyl adjacent to an activating group) is 1. The molecule has 8 heteroatoms. The number of piperidine rings is 1. The average Bonchev–Trinajstić information content (AvgIpc) is 2.45. The zero-order chi connectivity index (χ0) is 14.6. The van der Waals surface area contributed by atoms with Crippen molar-refractivity contribution in [2.24, 2.45) is 11.7 Å². The molecule has 2 heterocycles. The van der Waals surface area contributed by atoms with E-state index >= 15 is 0 Å². The Bertz CT molecular complexity index is 404. The zero-order valence-electron chi connectivity index (χ0n) is 12.1. The van der Waals surface area contributed by atoms with Gasteiger partial charge in [-0.15, -0.1) is 0 Å². The maximum atomic E-state index is 12.3. The highest BCUT2D eigenvalue weighted by Gasteiger charge is 2.29. The van der Waals surface area contributed by atoms with Crippen LogP contribution in [0, 0.1) is 5.92 Å². The van der Waals surface area contributed by atoms with Crippen LogP contribution >= 0.6 is 0 Å². The molecule has 118 valence electrons. The van der Waals surface area contributed by atoms with Gasteiger partial charge in [0.2, 0.25) is 0 Å². The summed E-state index contributed by atoms with van der Waals surface area (Å²) in [5.74, 6) is 0.275. The first-order valence-electron chi connectivity index (χ1n) is 7.26. The van der Waals surface area contributed by atoms with Gasteiger partial charge in [-0.25, -0.2) is 0 Å². The molecule has 20 heavy (non-hydrogen) atoms. The Morgan fingerprint density at radius 3 is 2.85 bits per heavy atom. The molecule has 0 saturated carbocycles. The number of nitrogens with zero attached hydrogens (tertiary/aromatic N) is 2. The van der Waals surface area contributed by atoms with Crippen LogP contribution in [0.25, 0.3) is 0 Å². The van der Waals surface area contributed by atoms with E-state index in [4.69, 9.17) is 10.5 Å². The SMILES string of the molecule is CN1CCOC(CNS(=O)(=O)N2CCCC(CN)C2)C1. The van der Waals surface area contributed by atoms with Crippen LogP contribution < -0.4 is 10.5 Å². The van der Waals surface area contributed by atoms with Crippen LogP contribution in [0.4, 0.5) is 0 Å². The van der Waals surface area contributed by atoms with Gasteiger partial charge in [-0.3, -0.25) is 0 Å². The van der Waals surface area contributed by atoms with Crippen LogP contribution in [0.3, 0.4) is 0 Å². The zero-order valence-corrected chi connectivity index (χ0v) is 12.9. The Hall–Kier alpha value is -0.250. The molecule has 2 rings (SSSR count). The first-order valence-corrected chi connectivity index (χ1v) is 8.70. The van der Waals surface area contributed by atoms with Crippen LogP contribution in [-0.2, 0) is 14.9 Å². The molecule has 2 atom stereocenters. The molecule has 0 amide bonds. The smallest absolute Gasteiger partial charge is 0.279 e. The van der Waals surface area contributed by atoms with Crippen molar-refractivity contribution in [3.63, 3.8) is 0 Å². The number of nitrogens with one attached hydrogen (secondary N) is 1. The highest BCUT2D eigenvalue weighted by molar-refractivity contribution is 7.87. The molecule has 2 saturated heterocycles. The molecule has 7 nitrogen and oxygen atoms in total. The molecule has 0 bridgehead atoms. The molecule has 2 aliphatic heterocycles. The third kappa shape index (κ3) is 4.37. The van der Waals surface area contributed by atoms with E-state index in [0.29, 0.717) is 32.8 Å². The van der Waals surface area contributed by atoms with Gasteiger partial charge in [0, 0.05) is 32.7 Å². The van der Waals surface area contributed by atoms with Gasteiger partial charge in [0.1, 0.15) is 0 Å². The standard InChI is InChI=1S/C12H26N4O3S/c1-15-5-6-19-12(10-15)8-14-20(17,18)16-4-2-3-11(7-13)9-16/h11-12,14H,2-10,13H2,1H3. The first kappa shape index (κ1) is 16.1. The lowest BCUT2D eigenvalue weighted by atomic mass is 10.0. The molecule has 0 radical (unpaired) electrons. The summed E-state index contributed by atoms with van der Waals surface area (Å²) in [5, 5.41) is 0. The highest BCUT2D eigenvalue weighted by atomic mass is 32.2. The average molecular weight is 306 g/mol. The fraction of sp³-hybridized carbons (Fsp3) is 1.00. The maximum absolute atomic E-state index is 12.3. The van der Waals surface area contributed by atoms with Crippen molar-refractivity contribution in [3.05, 3.63) is 0 Å². The minimum Gasteiger partial charge on any atom is -0.374 e. The molecule has 0 aromatic carbocycles. The normalized spacial score (nSPS) is 30.5. The lowest BCUT2D eigenvalue weighted by Crippen LogP contribution is -2.51. The summed E-state index contributed by atoms with van der Waals surface area (Å²) >= 11 is 0. The van der Waals surface area contributed by atoms with Crippen molar-refractivity contribution in [1.82, 2.24) is 13.9 Å². The van der Waals surface area contributed by atoms with Gasteiger partial charge < -0.3 is 15.4 Å². The topological polar surface area (TPSA) is 87.9 Å². The number of rotatable bonds is 5. The quantitative estimate of drug-likeness (QED) is 0.668. The monoisotopic (exact) mass is 306 g/mol. The maximum Gasteiger partial charge on any atom is 0.279 e. The summed E-state index contributed by atoms with van der Waals surface area (Å²) < 4.78 is 34.3. The van der Waals surface area contributed by atoms with Crippen molar-refractivity contribution in [3.8, 4) is 0 Å². The number of hydrogen-bond donors (Lipinski definition) is 2. The lowest BCUT2D eigenvalue weighted by Gasteiger charge is -2.33. The van der Waals surface area contributed by atoms with E-state index in [1.165, 1.54) is 4.31 Å². The van der Waals surface area contributed by atoms with E-state index in [9.17, 15) is 8.42 Å². The number of hydrogen-bond acceptors (Lipinski definition) is 5. The number of ether oxygens (including phenoxy) is 1. The van der Waals surface area contributed by atoms with Crippen molar-refractivity contribution in [2.45, 2.75) is 18.9 Å². The van der Waals surface area contributed by atoms with Gasteiger partial charge in [-0.1, -0.05) is 0 Å². The second-order valence-corrected chi connectivity index (χ2v) is 7.47. The Balaban J connectivity index is 1.84. The Kier molecular flexibility index (Phi) is 5.76. The van der Waals surface area contributed by atoms with Gasteiger partial charge in [-0.05, 0) is 32.4 Å². The van der Waals surface area contributed by atoms with E-state index in [0.717, 1.165) is 25.9 Å². The summed E-state index contributed by atoms with van der Waals surface area (Å²) in [6.45, 7) is 4.29. The molecular weight excluding hydrogens is 280 g/mol. The van der Waals surface area contributed by atoms with Gasteiger partial charge in [0.25, 0.3) is 10.2 Å². The van der Waals surface area contributed by atoms with E-state index in [1.54, 1.807) is 0 Å². The summed E-state index contributed by atoms with van der Waals surface area (Å²) in [6, 6.07) is 0. The fourth-order valence-corrected chi connectivity index (χ4v) is 4.07. The predicted octanol–water partition coefficient (Wildman–Crippen LogP) is -1.18. The number of morpholine rings is 1. The van der Waals surface area contributed by atoms with E-state index in [1.807, 2.05) is 7.05 Å². The van der Waals surface area contributed by atoms with Crippen LogP contribution in [0.15, 0.2) is 0 Å². The third-order valence-electron chi connectivity index (χ3n) is 3.99. The minimum atomic E-state index is -3.41. The molecule has 3 N–H and O–H groups in total. The molecule has 0 aliphatic carbocycles. The molecule has 2 unspecified atom stereocenters. The van der Waals surface area contributed by atoms with Crippen molar-refractivity contribution in [1.29, 1.82) is 0 Å². The molecular formula is C12H26N4O3S. The third-order valence-corrected chi connectivity index (χ3v) is 5.53. The summed E-state index contributed by atoms with van der Waals surface area (Å²) in [5.41, 5.74) is 5.65. The van der Waals surface area contributed by atoms with Crippen LogP contribution in [-0.4, -0.2) is 76.6 Å². The van der Waals surface area contributed by atoms with Crippen LogP contribution in [0.1, 0.15) is 12.8 Å². The molecule has 0 aromatic heterocycles. The van der Waals surface area contributed by atoms with E-state index < -0.39 is 10.2 Å². The summed E-state index contributed by atoms with van der Waals surface area (Å²) in [7, 11) is -1.40. The van der Waals surface area contributed by atoms with Crippen molar-refractivity contribution < 1.29 is 13.2 Å². The van der Waals surface area contributed by atoms with E-state index in [-0.39, 0.29) is 12.0 Å². The predicted molar refractivity (Wildman–Crippen MR) is 77.5 cm³/mol. The van der Waals surface area contributed by atoms with Gasteiger partial charge in [0.05, 0.1) is 12.7 Å². The van der Waals surface area contributed by atoms with Crippen LogP contribution in [0.2, 0.25) is 0 Å². The Labute approximate surface area is 121 Å². The Morgan fingerprint density at radius 2 is 2.15 bits per heavy atom. The molecule has 0 spiro atoms. The number of nitrogens with two attached hydrogens (primary N) is 1. The van der Waals surface area contributed by atoms with Gasteiger partial charge >= 0.3 is 0 Å².